The second-order valence-corrected chi connectivity index (χ2v) is 16.3. The third-order valence-corrected chi connectivity index (χ3v) is 9.80. The fraction of sp³-hybridized carbons (Fsp3) is 0.974. The number of hydrogen-bond acceptors (Lipinski definition) is 6. The Morgan fingerprint density at radius 1 is 0.617 bits per heavy atom. The number of ether oxygens (including phenoxy) is 2. The maximum absolute atomic E-state index is 12.9. The van der Waals surface area contributed by atoms with Crippen molar-refractivity contribution >= 4 is 13.8 Å². The van der Waals surface area contributed by atoms with E-state index >= 15 is 0 Å². The van der Waals surface area contributed by atoms with Gasteiger partial charge < -0.3 is 18.9 Å². The predicted octanol–water partition coefficient (Wildman–Crippen LogP) is 10.8. The first-order chi connectivity index (χ1) is 22.5. The largest absolute Gasteiger partial charge is 0.472 e. The summed E-state index contributed by atoms with van der Waals surface area (Å²) in [5, 5.41) is 0. The number of likely N-dealkylation sites (N-methyl/N-ethyl adjacent to an activating group) is 1. The van der Waals surface area contributed by atoms with Gasteiger partial charge in [-0.1, -0.05) is 162 Å². The minimum atomic E-state index is -4.27. The van der Waals surface area contributed by atoms with E-state index in [4.69, 9.17) is 18.5 Å². The van der Waals surface area contributed by atoms with Crippen molar-refractivity contribution in [2.24, 2.45) is 5.92 Å². The van der Waals surface area contributed by atoms with Crippen molar-refractivity contribution in [1.29, 1.82) is 0 Å². The van der Waals surface area contributed by atoms with Crippen molar-refractivity contribution < 1.29 is 37.3 Å². The number of phosphoric acid groups is 1. The summed E-state index contributed by atoms with van der Waals surface area (Å²) >= 11 is 0. The van der Waals surface area contributed by atoms with Gasteiger partial charge in [-0.3, -0.25) is 13.8 Å². The lowest BCUT2D eigenvalue weighted by Gasteiger charge is -2.24. The van der Waals surface area contributed by atoms with Crippen molar-refractivity contribution in [2.45, 2.75) is 181 Å². The summed E-state index contributed by atoms with van der Waals surface area (Å²) in [7, 11) is 1.67. The van der Waals surface area contributed by atoms with Crippen LogP contribution in [0.2, 0.25) is 0 Å². The van der Waals surface area contributed by atoms with Crippen LogP contribution in [-0.2, 0) is 27.9 Å². The maximum atomic E-state index is 12.9. The van der Waals surface area contributed by atoms with Crippen LogP contribution in [0.1, 0.15) is 175 Å². The molecule has 0 aromatic carbocycles. The Bertz CT molecular complexity index is 746. The molecule has 0 fully saturated rings. The molecular weight excluding hydrogens is 613 g/mol. The fourth-order valence-corrected chi connectivity index (χ4v) is 6.28. The van der Waals surface area contributed by atoms with Gasteiger partial charge in [0.2, 0.25) is 0 Å². The Labute approximate surface area is 291 Å². The number of hydrogen-bond donors (Lipinski definition) is 1. The van der Waals surface area contributed by atoms with Gasteiger partial charge in [0, 0.05) is 6.61 Å². The number of nitrogens with zero attached hydrogens (tertiary/aromatic N) is 1. The zero-order valence-electron chi connectivity index (χ0n) is 32.0. The van der Waals surface area contributed by atoms with Crippen molar-refractivity contribution in [2.75, 3.05) is 54.1 Å². The van der Waals surface area contributed by atoms with Crippen molar-refractivity contribution in [3.8, 4) is 0 Å². The first kappa shape index (κ1) is 46.5. The summed E-state index contributed by atoms with van der Waals surface area (Å²) < 4.78 is 35.1. The highest BCUT2D eigenvalue weighted by atomic mass is 31.2. The molecule has 0 heterocycles. The third kappa shape index (κ3) is 33.8. The molecule has 47 heavy (non-hydrogen) atoms. The summed E-state index contributed by atoms with van der Waals surface area (Å²) in [4.78, 5) is 23.1. The van der Waals surface area contributed by atoms with E-state index < -0.39 is 13.9 Å². The highest BCUT2D eigenvalue weighted by molar-refractivity contribution is 7.47. The van der Waals surface area contributed by atoms with Gasteiger partial charge in [0.15, 0.2) is 0 Å². The van der Waals surface area contributed by atoms with E-state index in [9.17, 15) is 14.3 Å². The van der Waals surface area contributed by atoms with Crippen LogP contribution < -0.4 is 0 Å². The minimum absolute atomic E-state index is 0.0904. The average molecular weight is 693 g/mol. The Morgan fingerprint density at radius 2 is 1.04 bits per heavy atom. The molecule has 0 saturated heterocycles. The van der Waals surface area contributed by atoms with Crippen LogP contribution in [0, 0.1) is 5.92 Å². The summed E-state index contributed by atoms with van der Waals surface area (Å²) in [5.41, 5.74) is 0. The standard InChI is InChI=1S/C38H78NO7P/c1-7-9-11-13-15-17-18-19-20-21-23-25-27-29-32-43-34-37(35-45-47(41,42)44-33-31-39(4,5)6)46-38(40)36(3)30-28-26-24-22-16-14-12-10-8-2/h36-37H,7-35H2,1-6H3/p+1/t36-,37-/m0/s1. The molecule has 0 bridgehead atoms. The van der Waals surface area contributed by atoms with Crippen LogP contribution in [0.5, 0.6) is 0 Å². The molecule has 1 unspecified atom stereocenters. The molecule has 9 heteroatoms. The normalized spacial score (nSPS) is 14.6. The van der Waals surface area contributed by atoms with Gasteiger partial charge in [-0.05, 0) is 12.8 Å². The van der Waals surface area contributed by atoms with Crippen LogP contribution in [0.25, 0.3) is 0 Å². The van der Waals surface area contributed by atoms with Gasteiger partial charge >= 0.3 is 13.8 Å². The molecule has 0 aromatic heterocycles. The van der Waals surface area contributed by atoms with E-state index in [1.54, 1.807) is 0 Å². The topological polar surface area (TPSA) is 91.3 Å². The summed E-state index contributed by atoms with van der Waals surface area (Å²) in [5.74, 6) is -0.549. The first-order valence-corrected chi connectivity index (χ1v) is 21.2. The van der Waals surface area contributed by atoms with E-state index in [2.05, 4.69) is 13.8 Å². The molecule has 0 aliphatic carbocycles. The fourth-order valence-electron chi connectivity index (χ4n) is 5.53. The highest BCUT2D eigenvalue weighted by Gasteiger charge is 2.27. The number of rotatable bonds is 36. The molecule has 3 atom stereocenters. The Hall–Kier alpha value is -0.500. The van der Waals surface area contributed by atoms with Crippen LogP contribution in [0.4, 0.5) is 0 Å². The van der Waals surface area contributed by atoms with Crippen molar-refractivity contribution in [3.63, 3.8) is 0 Å². The number of unbranched alkanes of at least 4 members (excludes halogenated alkanes) is 21. The van der Waals surface area contributed by atoms with E-state index in [0.717, 1.165) is 32.1 Å². The lowest BCUT2D eigenvalue weighted by molar-refractivity contribution is -0.870. The summed E-state index contributed by atoms with van der Waals surface area (Å²) in [6.45, 7) is 7.51. The van der Waals surface area contributed by atoms with Gasteiger partial charge in [0.05, 0.1) is 40.3 Å². The average Bonchev–Trinajstić information content (AvgIpc) is 3.01. The van der Waals surface area contributed by atoms with Crippen molar-refractivity contribution in [1.82, 2.24) is 0 Å². The first-order valence-electron chi connectivity index (χ1n) is 19.7. The Kier molecular flexibility index (Phi) is 31.1. The predicted molar refractivity (Wildman–Crippen MR) is 197 cm³/mol. The van der Waals surface area contributed by atoms with Gasteiger partial charge in [-0.2, -0.15) is 0 Å². The van der Waals surface area contributed by atoms with E-state index in [1.165, 1.54) is 122 Å². The molecule has 0 aliphatic heterocycles. The Morgan fingerprint density at radius 3 is 1.49 bits per heavy atom. The summed E-state index contributed by atoms with van der Waals surface area (Å²) in [6.07, 6.45) is 29.3. The quantitative estimate of drug-likeness (QED) is 0.0302. The van der Waals surface area contributed by atoms with Gasteiger partial charge in [0.25, 0.3) is 0 Å². The second kappa shape index (κ2) is 31.5. The number of esters is 1. The molecule has 282 valence electrons. The van der Waals surface area contributed by atoms with Crippen LogP contribution in [-0.4, -0.2) is 75.6 Å². The van der Waals surface area contributed by atoms with E-state index in [1.807, 2.05) is 28.1 Å². The van der Waals surface area contributed by atoms with Gasteiger partial charge in [-0.15, -0.1) is 0 Å². The zero-order valence-corrected chi connectivity index (χ0v) is 32.8. The number of carbonyl (C=O) groups is 1. The number of carbonyl (C=O) groups excluding carboxylic acids is 1. The van der Waals surface area contributed by atoms with Crippen LogP contribution in [0.3, 0.4) is 0 Å². The molecule has 8 nitrogen and oxygen atoms in total. The zero-order chi connectivity index (χ0) is 35.1. The molecule has 0 aliphatic rings. The SMILES string of the molecule is CCCCCCCCCCCCCCCCOC[C@@H](COP(=O)(O)OCC[N+](C)(C)C)OC(=O)[C@@H](C)CCCCCCCCCCC. The molecule has 0 saturated carbocycles. The molecule has 0 spiro atoms. The highest BCUT2D eigenvalue weighted by Crippen LogP contribution is 2.43. The van der Waals surface area contributed by atoms with Crippen LogP contribution >= 0.6 is 7.82 Å². The molecule has 0 aromatic rings. The lowest BCUT2D eigenvalue weighted by Crippen LogP contribution is -2.37. The number of phosphoric ester groups is 1. The molecule has 1 N–H and O–H groups in total. The summed E-state index contributed by atoms with van der Waals surface area (Å²) in [6, 6.07) is 0. The minimum Gasteiger partial charge on any atom is -0.457 e. The molecular formula is C38H79NO7P+. The van der Waals surface area contributed by atoms with E-state index in [0.29, 0.717) is 17.6 Å². The van der Waals surface area contributed by atoms with Crippen LogP contribution in [0.15, 0.2) is 0 Å². The second-order valence-electron chi connectivity index (χ2n) is 14.9. The van der Waals surface area contributed by atoms with Gasteiger partial charge in [-0.25, -0.2) is 4.57 Å². The number of quaternary nitrogens is 1. The monoisotopic (exact) mass is 693 g/mol. The van der Waals surface area contributed by atoms with Crippen molar-refractivity contribution in [3.05, 3.63) is 0 Å². The smallest absolute Gasteiger partial charge is 0.457 e. The lowest BCUT2D eigenvalue weighted by atomic mass is 10.0. The molecule has 0 amide bonds. The van der Waals surface area contributed by atoms with E-state index in [-0.39, 0.29) is 31.7 Å². The molecule has 0 rings (SSSR count). The molecule has 0 radical (unpaired) electrons. The third-order valence-electron chi connectivity index (χ3n) is 8.81. The van der Waals surface area contributed by atoms with Gasteiger partial charge in [0.1, 0.15) is 19.3 Å². The Balaban J connectivity index is 4.38. The maximum Gasteiger partial charge on any atom is 0.472 e.